The van der Waals surface area contributed by atoms with Crippen molar-refractivity contribution in [3.8, 4) is 6.07 Å². The average molecular weight is 352 g/mol. The van der Waals surface area contributed by atoms with Gasteiger partial charge in [0.25, 0.3) is 0 Å². The molecule has 1 heterocycles. The molecule has 0 amide bonds. The van der Waals surface area contributed by atoms with E-state index in [1.54, 1.807) is 13.0 Å². The molecule has 0 aliphatic carbocycles. The molecule has 1 aromatic heterocycles. The molecule has 0 saturated carbocycles. The Morgan fingerprint density at radius 2 is 2.13 bits per heavy atom. The first-order valence-corrected chi connectivity index (χ1v) is 7.80. The summed E-state index contributed by atoms with van der Waals surface area (Å²) in [5, 5.41) is 13.6. The lowest BCUT2D eigenvalue weighted by molar-refractivity contribution is 0.0501. The van der Waals surface area contributed by atoms with E-state index >= 15 is 0 Å². The Morgan fingerprint density at radius 1 is 1.39 bits per heavy atom. The number of rotatable bonds is 6. The van der Waals surface area contributed by atoms with Crippen molar-refractivity contribution in [1.82, 2.24) is 9.78 Å². The largest absolute Gasteiger partial charge is 0.462 e. The van der Waals surface area contributed by atoms with Crippen LogP contribution in [-0.2, 0) is 11.3 Å². The van der Waals surface area contributed by atoms with Crippen molar-refractivity contribution >= 4 is 29.2 Å². The fourth-order valence-electron chi connectivity index (χ4n) is 2.07. The number of nitrogens with zero attached hydrogens (tertiary/aromatic N) is 3. The number of hydrogen-bond acceptors (Lipinski definition) is 4. The van der Waals surface area contributed by atoms with Gasteiger partial charge in [-0.3, -0.25) is 0 Å². The summed E-state index contributed by atoms with van der Waals surface area (Å²) in [4.78, 5) is 12.1. The van der Waals surface area contributed by atoms with Crippen LogP contribution >= 0.6 is 23.2 Å². The van der Waals surface area contributed by atoms with E-state index in [-0.39, 0.29) is 17.3 Å². The molecule has 0 atom stereocenters. The SMILES string of the molecule is Cc1nn(Cc2ccccc2Cl)c(Cl)c1C(=O)OCCCC#N. The summed E-state index contributed by atoms with van der Waals surface area (Å²) < 4.78 is 6.64. The number of aryl methyl sites for hydroxylation is 1. The van der Waals surface area contributed by atoms with Gasteiger partial charge >= 0.3 is 5.97 Å². The number of halogens is 2. The van der Waals surface area contributed by atoms with Crippen LogP contribution in [0.4, 0.5) is 0 Å². The number of carbonyl (C=O) groups is 1. The quantitative estimate of drug-likeness (QED) is 0.582. The maximum Gasteiger partial charge on any atom is 0.343 e. The fourth-order valence-corrected chi connectivity index (χ4v) is 2.57. The van der Waals surface area contributed by atoms with Crippen LogP contribution in [-0.4, -0.2) is 22.4 Å². The van der Waals surface area contributed by atoms with Gasteiger partial charge in [-0.25, -0.2) is 9.48 Å². The van der Waals surface area contributed by atoms with Crippen molar-refractivity contribution in [1.29, 1.82) is 5.26 Å². The Labute approximate surface area is 144 Å². The lowest BCUT2D eigenvalue weighted by atomic mass is 10.2. The number of unbranched alkanes of at least 4 members (excludes halogenated alkanes) is 1. The first-order valence-electron chi connectivity index (χ1n) is 7.05. The summed E-state index contributed by atoms with van der Waals surface area (Å²) in [7, 11) is 0. The van der Waals surface area contributed by atoms with Crippen LogP contribution in [0.2, 0.25) is 10.2 Å². The van der Waals surface area contributed by atoms with Gasteiger partial charge in [-0.2, -0.15) is 10.4 Å². The second-order valence-electron chi connectivity index (χ2n) is 4.90. The molecule has 0 aliphatic heterocycles. The zero-order chi connectivity index (χ0) is 16.8. The zero-order valence-electron chi connectivity index (χ0n) is 12.6. The highest BCUT2D eigenvalue weighted by atomic mass is 35.5. The van der Waals surface area contributed by atoms with Crippen molar-refractivity contribution in [2.75, 3.05) is 6.61 Å². The number of hydrogen-bond donors (Lipinski definition) is 0. The minimum atomic E-state index is -0.532. The summed E-state index contributed by atoms with van der Waals surface area (Å²) in [5.74, 6) is -0.532. The van der Waals surface area contributed by atoms with E-state index in [0.29, 0.717) is 30.1 Å². The molecule has 0 saturated heterocycles. The molecule has 23 heavy (non-hydrogen) atoms. The standard InChI is InChI=1S/C16H15Cl2N3O2/c1-11-14(16(22)23-9-5-4-8-19)15(18)21(20-11)10-12-6-2-3-7-13(12)17/h2-3,6-7H,4-5,9-10H2,1H3. The van der Waals surface area contributed by atoms with Gasteiger partial charge in [0.2, 0.25) is 0 Å². The van der Waals surface area contributed by atoms with Gasteiger partial charge < -0.3 is 4.74 Å². The highest BCUT2D eigenvalue weighted by molar-refractivity contribution is 6.33. The molecule has 0 radical (unpaired) electrons. The van der Waals surface area contributed by atoms with E-state index in [1.165, 1.54) is 4.68 Å². The van der Waals surface area contributed by atoms with Crippen LogP contribution in [0.15, 0.2) is 24.3 Å². The number of nitriles is 1. The fraction of sp³-hybridized carbons (Fsp3) is 0.312. The Kier molecular flexibility index (Phi) is 6.03. The molecule has 7 heteroatoms. The molecule has 0 bridgehead atoms. The second kappa shape index (κ2) is 8.00. The third-order valence-electron chi connectivity index (χ3n) is 3.21. The highest BCUT2D eigenvalue weighted by Gasteiger charge is 2.22. The van der Waals surface area contributed by atoms with E-state index < -0.39 is 5.97 Å². The smallest absolute Gasteiger partial charge is 0.343 e. The predicted octanol–water partition coefficient (Wildman–Crippen LogP) is 4.01. The van der Waals surface area contributed by atoms with Crippen molar-refractivity contribution in [2.45, 2.75) is 26.3 Å². The molecule has 0 N–H and O–H groups in total. The topological polar surface area (TPSA) is 67.9 Å². The van der Waals surface area contributed by atoms with Gasteiger partial charge in [0.15, 0.2) is 0 Å². The van der Waals surface area contributed by atoms with Crippen molar-refractivity contribution in [2.24, 2.45) is 0 Å². The lowest BCUT2D eigenvalue weighted by Gasteiger charge is -2.06. The summed E-state index contributed by atoms with van der Waals surface area (Å²) >= 11 is 12.4. The minimum Gasteiger partial charge on any atom is -0.462 e. The first kappa shape index (κ1) is 17.3. The number of esters is 1. The third-order valence-corrected chi connectivity index (χ3v) is 3.97. The van der Waals surface area contributed by atoms with Crippen LogP contribution in [0.3, 0.4) is 0 Å². The van der Waals surface area contributed by atoms with E-state index in [2.05, 4.69) is 5.10 Å². The van der Waals surface area contributed by atoms with Crippen molar-refractivity contribution in [3.05, 3.63) is 51.3 Å². The molecule has 0 unspecified atom stereocenters. The van der Waals surface area contributed by atoms with E-state index in [1.807, 2.05) is 24.3 Å². The van der Waals surface area contributed by atoms with Crippen LogP contribution in [0.5, 0.6) is 0 Å². The molecule has 0 aliphatic rings. The van der Waals surface area contributed by atoms with Crippen molar-refractivity contribution in [3.63, 3.8) is 0 Å². The summed E-state index contributed by atoms with van der Waals surface area (Å²) in [6.07, 6.45) is 0.832. The van der Waals surface area contributed by atoms with Crippen molar-refractivity contribution < 1.29 is 9.53 Å². The van der Waals surface area contributed by atoms with E-state index in [0.717, 1.165) is 5.56 Å². The Balaban J connectivity index is 2.14. The van der Waals surface area contributed by atoms with Gasteiger partial charge in [0.05, 0.1) is 24.9 Å². The van der Waals surface area contributed by atoms with Gasteiger partial charge in [0, 0.05) is 11.4 Å². The second-order valence-corrected chi connectivity index (χ2v) is 5.66. The van der Waals surface area contributed by atoms with Crippen LogP contribution in [0, 0.1) is 18.3 Å². The summed E-state index contributed by atoms with van der Waals surface area (Å²) in [6.45, 7) is 2.24. The number of ether oxygens (including phenoxy) is 1. The van der Waals surface area contributed by atoms with Crippen LogP contribution in [0.25, 0.3) is 0 Å². The molecule has 1 aromatic carbocycles. The maximum atomic E-state index is 12.1. The first-order chi connectivity index (χ1) is 11.0. The molecule has 2 rings (SSSR count). The van der Waals surface area contributed by atoms with Gasteiger partial charge in [0.1, 0.15) is 10.7 Å². The molecule has 5 nitrogen and oxygen atoms in total. The molecule has 0 fully saturated rings. The summed E-state index contributed by atoms with van der Waals surface area (Å²) in [5.41, 5.74) is 1.59. The number of benzene rings is 1. The predicted molar refractivity (Wildman–Crippen MR) is 87.7 cm³/mol. The summed E-state index contributed by atoms with van der Waals surface area (Å²) in [6, 6.07) is 9.36. The Hall–Kier alpha value is -2.03. The monoisotopic (exact) mass is 351 g/mol. The highest BCUT2D eigenvalue weighted by Crippen LogP contribution is 2.24. The van der Waals surface area contributed by atoms with Gasteiger partial charge in [-0.1, -0.05) is 41.4 Å². The average Bonchev–Trinajstić information content (AvgIpc) is 2.80. The maximum absolute atomic E-state index is 12.1. The third kappa shape index (κ3) is 4.25. The lowest BCUT2D eigenvalue weighted by Crippen LogP contribution is -2.08. The zero-order valence-corrected chi connectivity index (χ0v) is 14.1. The van der Waals surface area contributed by atoms with E-state index in [9.17, 15) is 4.79 Å². The molecule has 0 spiro atoms. The molecule has 2 aromatic rings. The van der Waals surface area contributed by atoms with Gasteiger partial charge in [-0.05, 0) is 25.0 Å². The number of carbonyl (C=O) groups excluding carboxylic acids is 1. The molecule has 120 valence electrons. The minimum absolute atomic E-state index is 0.178. The number of aromatic nitrogens is 2. The Bertz CT molecular complexity index is 750. The van der Waals surface area contributed by atoms with Gasteiger partial charge in [-0.15, -0.1) is 0 Å². The Morgan fingerprint density at radius 3 is 2.83 bits per heavy atom. The normalized spacial score (nSPS) is 10.3. The molecular formula is C16H15Cl2N3O2. The van der Waals surface area contributed by atoms with Crippen LogP contribution in [0.1, 0.15) is 34.5 Å². The van der Waals surface area contributed by atoms with E-state index in [4.69, 9.17) is 33.2 Å². The van der Waals surface area contributed by atoms with Crippen LogP contribution < -0.4 is 0 Å². The molecular weight excluding hydrogens is 337 g/mol.